The highest BCUT2D eigenvalue weighted by Crippen LogP contribution is 2.31. The van der Waals surface area contributed by atoms with Crippen molar-refractivity contribution in [1.82, 2.24) is 5.32 Å². The SMILES string of the molecule is O=C1NC(=O)C(c2ccc([N+](=O)[O-])c(F)c2)C1Cl. The number of nitro groups is 1. The number of carbonyl (C=O) groups is 2. The lowest BCUT2D eigenvalue weighted by molar-refractivity contribution is -0.387. The first kappa shape index (κ1) is 12.4. The molecular formula is C10H6ClFN2O4. The molecule has 2 rings (SSSR count). The Labute approximate surface area is 105 Å². The van der Waals surface area contributed by atoms with Gasteiger partial charge in [-0.25, -0.2) is 0 Å². The Morgan fingerprint density at radius 2 is 2.00 bits per heavy atom. The highest BCUT2D eigenvalue weighted by Gasteiger charge is 2.41. The number of carbonyl (C=O) groups excluding carboxylic acids is 2. The molecule has 0 radical (unpaired) electrons. The second kappa shape index (κ2) is 4.34. The van der Waals surface area contributed by atoms with Crippen molar-refractivity contribution in [3.63, 3.8) is 0 Å². The molecule has 0 saturated carbocycles. The van der Waals surface area contributed by atoms with Crippen LogP contribution in [0.5, 0.6) is 0 Å². The standard InChI is InChI=1S/C10H6ClFN2O4/c11-8-7(9(15)13-10(8)16)4-1-2-6(14(17)18)5(12)3-4/h1-3,7-8H,(H,13,15,16). The Morgan fingerprint density at radius 3 is 2.44 bits per heavy atom. The van der Waals surface area contributed by atoms with Crippen molar-refractivity contribution in [3.05, 3.63) is 39.7 Å². The molecule has 94 valence electrons. The van der Waals surface area contributed by atoms with Gasteiger partial charge in [0.1, 0.15) is 5.38 Å². The number of hydrogen-bond donors (Lipinski definition) is 1. The van der Waals surface area contributed by atoms with Crippen molar-refractivity contribution in [1.29, 1.82) is 0 Å². The summed E-state index contributed by atoms with van der Waals surface area (Å²) in [6.07, 6.45) is 0. The number of alkyl halides is 1. The minimum Gasteiger partial charge on any atom is -0.295 e. The Kier molecular flexibility index (Phi) is 3.00. The number of rotatable bonds is 2. The minimum atomic E-state index is -1.14. The number of nitrogens with zero attached hydrogens (tertiary/aromatic N) is 1. The van der Waals surface area contributed by atoms with E-state index in [1.165, 1.54) is 6.07 Å². The van der Waals surface area contributed by atoms with Crippen LogP contribution >= 0.6 is 11.6 Å². The monoisotopic (exact) mass is 272 g/mol. The normalized spacial score (nSPS) is 23.0. The van der Waals surface area contributed by atoms with Crippen LogP contribution in [-0.4, -0.2) is 22.1 Å². The van der Waals surface area contributed by atoms with Gasteiger partial charge in [-0.2, -0.15) is 4.39 Å². The summed E-state index contributed by atoms with van der Waals surface area (Å²) in [6, 6.07) is 2.99. The van der Waals surface area contributed by atoms with Crippen LogP contribution in [0.1, 0.15) is 11.5 Å². The topological polar surface area (TPSA) is 89.3 Å². The number of halogens is 2. The van der Waals surface area contributed by atoms with Crippen molar-refractivity contribution >= 4 is 29.1 Å². The summed E-state index contributed by atoms with van der Waals surface area (Å²) < 4.78 is 13.4. The number of hydrogen-bond acceptors (Lipinski definition) is 4. The Hall–Kier alpha value is -2.02. The molecule has 1 aromatic rings. The summed E-state index contributed by atoms with van der Waals surface area (Å²) in [5, 5.41) is 11.3. The molecule has 0 aromatic heterocycles. The molecule has 0 bridgehead atoms. The molecule has 2 amide bonds. The molecule has 2 atom stereocenters. The van der Waals surface area contributed by atoms with Crippen molar-refractivity contribution < 1.29 is 18.9 Å². The van der Waals surface area contributed by atoms with E-state index in [9.17, 15) is 24.1 Å². The number of nitrogens with one attached hydrogen (secondary N) is 1. The van der Waals surface area contributed by atoms with E-state index in [2.05, 4.69) is 0 Å². The van der Waals surface area contributed by atoms with Crippen molar-refractivity contribution in [3.8, 4) is 0 Å². The van der Waals surface area contributed by atoms with Crippen LogP contribution < -0.4 is 5.32 Å². The van der Waals surface area contributed by atoms with Gasteiger partial charge in [0.15, 0.2) is 0 Å². The minimum absolute atomic E-state index is 0.126. The fourth-order valence-corrected chi connectivity index (χ4v) is 2.05. The smallest absolute Gasteiger partial charge is 0.295 e. The Balaban J connectivity index is 2.41. The molecule has 0 aliphatic carbocycles. The number of amides is 2. The second-order valence-electron chi connectivity index (χ2n) is 3.70. The van der Waals surface area contributed by atoms with Gasteiger partial charge < -0.3 is 0 Å². The third-order valence-electron chi connectivity index (χ3n) is 2.60. The van der Waals surface area contributed by atoms with E-state index in [-0.39, 0.29) is 5.56 Å². The molecule has 1 heterocycles. The summed E-state index contributed by atoms with van der Waals surface area (Å²) in [4.78, 5) is 32.2. The molecule has 1 saturated heterocycles. The fraction of sp³-hybridized carbons (Fsp3) is 0.200. The molecule has 1 aromatic carbocycles. The molecule has 0 spiro atoms. The van der Waals surface area contributed by atoms with E-state index in [0.717, 1.165) is 12.1 Å². The van der Waals surface area contributed by atoms with Crippen molar-refractivity contribution in [2.45, 2.75) is 11.3 Å². The predicted molar refractivity (Wildman–Crippen MR) is 58.6 cm³/mol. The van der Waals surface area contributed by atoms with Gasteiger partial charge in [0, 0.05) is 6.07 Å². The van der Waals surface area contributed by atoms with Crippen LogP contribution in [0, 0.1) is 15.9 Å². The maximum Gasteiger partial charge on any atom is 0.304 e. The van der Waals surface area contributed by atoms with E-state index in [0.29, 0.717) is 0 Å². The summed E-state index contributed by atoms with van der Waals surface area (Å²) in [6.45, 7) is 0. The van der Waals surface area contributed by atoms with Gasteiger partial charge in [-0.05, 0) is 11.6 Å². The molecular weight excluding hydrogens is 267 g/mol. The molecule has 1 aliphatic heterocycles. The first-order valence-electron chi connectivity index (χ1n) is 4.84. The maximum absolute atomic E-state index is 13.4. The third kappa shape index (κ3) is 1.92. The Morgan fingerprint density at radius 1 is 1.33 bits per heavy atom. The van der Waals surface area contributed by atoms with Gasteiger partial charge in [-0.3, -0.25) is 25.0 Å². The third-order valence-corrected chi connectivity index (χ3v) is 3.05. The number of nitro benzene ring substituents is 1. The van der Waals surface area contributed by atoms with E-state index >= 15 is 0 Å². The van der Waals surface area contributed by atoms with Crippen LogP contribution in [0.3, 0.4) is 0 Å². The van der Waals surface area contributed by atoms with E-state index in [4.69, 9.17) is 11.6 Å². The fourth-order valence-electron chi connectivity index (χ4n) is 1.74. The zero-order valence-electron chi connectivity index (χ0n) is 8.72. The first-order valence-corrected chi connectivity index (χ1v) is 5.28. The summed E-state index contributed by atoms with van der Waals surface area (Å²) in [5.41, 5.74) is -0.573. The van der Waals surface area contributed by atoms with Gasteiger partial charge in [0.05, 0.1) is 10.8 Å². The molecule has 2 unspecified atom stereocenters. The Bertz CT molecular complexity index is 563. The second-order valence-corrected chi connectivity index (χ2v) is 4.17. The molecule has 6 nitrogen and oxygen atoms in total. The molecule has 8 heteroatoms. The average Bonchev–Trinajstić information content (AvgIpc) is 2.52. The quantitative estimate of drug-likeness (QED) is 0.377. The number of imide groups is 1. The summed E-state index contributed by atoms with van der Waals surface area (Å²) >= 11 is 5.72. The highest BCUT2D eigenvalue weighted by atomic mass is 35.5. The zero-order valence-corrected chi connectivity index (χ0v) is 9.48. The largest absolute Gasteiger partial charge is 0.304 e. The van der Waals surface area contributed by atoms with Crippen LogP contribution in [0.4, 0.5) is 10.1 Å². The van der Waals surface area contributed by atoms with Crippen LogP contribution in [-0.2, 0) is 9.59 Å². The number of benzene rings is 1. The van der Waals surface area contributed by atoms with Gasteiger partial charge in [-0.1, -0.05) is 6.07 Å². The first-order chi connectivity index (χ1) is 8.41. The molecule has 1 fully saturated rings. The average molecular weight is 273 g/mol. The summed E-state index contributed by atoms with van der Waals surface area (Å²) in [5.74, 6) is -3.42. The predicted octanol–water partition coefficient (Wildman–Crippen LogP) is 1.08. The maximum atomic E-state index is 13.4. The van der Waals surface area contributed by atoms with Crippen LogP contribution in [0.15, 0.2) is 18.2 Å². The molecule has 1 N–H and O–H groups in total. The van der Waals surface area contributed by atoms with Gasteiger partial charge >= 0.3 is 5.69 Å². The van der Waals surface area contributed by atoms with Gasteiger partial charge in [-0.15, -0.1) is 11.6 Å². The van der Waals surface area contributed by atoms with E-state index in [1.54, 1.807) is 0 Å². The van der Waals surface area contributed by atoms with Gasteiger partial charge in [0.25, 0.3) is 0 Å². The van der Waals surface area contributed by atoms with Crippen LogP contribution in [0.25, 0.3) is 0 Å². The lowest BCUT2D eigenvalue weighted by atomic mass is 9.97. The van der Waals surface area contributed by atoms with Crippen LogP contribution in [0.2, 0.25) is 0 Å². The van der Waals surface area contributed by atoms with Gasteiger partial charge in [0.2, 0.25) is 17.6 Å². The highest BCUT2D eigenvalue weighted by molar-refractivity contribution is 6.37. The summed E-state index contributed by atoms with van der Waals surface area (Å²) in [7, 11) is 0. The molecule has 1 aliphatic rings. The molecule has 18 heavy (non-hydrogen) atoms. The van der Waals surface area contributed by atoms with E-state index in [1.807, 2.05) is 5.32 Å². The lowest BCUT2D eigenvalue weighted by Gasteiger charge is -2.09. The zero-order chi connectivity index (χ0) is 13.4. The van der Waals surface area contributed by atoms with Crippen molar-refractivity contribution in [2.75, 3.05) is 0 Å². The van der Waals surface area contributed by atoms with Crippen molar-refractivity contribution in [2.24, 2.45) is 0 Å². The lowest BCUT2D eigenvalue weighted by Crippen LogP contribution is -2.22. The van der Waals surface area contributed by atoms with E-state index < -0.39 is 39.5 Å².